The highest BCUT2D eigenvalue weighted by Crippen LogP contribution is 2.45. The average molecular weight is 204 g/mol. The van der Waals surface area contributed by atoms with Gasteiger partial charge in [0.15, 0.2) is 0 Å². The van der Waals surface area contributed by atoms with Gasteiger partial charge in [-0.25, -0.2) is 8.78 Å². The van der Waals surface area contributed by atoms with Crippen molar-refractivity contribution < 1.29 is 8.78 Å². The van der Waals surface area contributed by atoms with Crippen molar-refractivity contribution in [1.29, 1.82) is 0 Å². The third-order valence-corrected chi connectivity index (χ3v) is 3.64. The van der Waals surface area contributed by atoms with E-state index in [4.69, 9.17) is 0 Å². The molecule has 0 aromatic carbocycles. The molecule has 0 aromatic rings. The minimum Gasteiger partial charge on any atom is -0.207 e. The van der Waals surface area contributed by atoms with Crippen LogP contribution in [0.5, 0.6) is 0 Å². The van der Waals surface area contributed by atoms with E-state index >= 15 is 0 Å². The second-order valence-electron chi connectivity index (χ2n) is 5.41. The molecule has 0 nitrogen and oxygen atoms in total. The van der Waals surface area contributed by atoms with Crippen molar-refractivity contribution in [3.8, 4) is 0 Å². The Balaban J connectivity index is 2.71. The van der Waals surface area contributed by atoms with Gasteiger partial charge in [-0.15, -0.1) is 0 Å². The Morgan fingerprint density at radius 2 is 1.50 bits per heavy atom. The number of halogens is 2. The molecular weight excluding hydrogens is 182 g/mol. The topological polar surface area (TPSA) is 0 Å². The Hall–Kier alpha value is -0.140. The van der Waals surface area contributed by atoms with Crippen LogP contribution in [0.2, 0.25) is 0 Å². The lowest BCUT2D eigenvalue weighted by molar-refractivity contribution is -0.0854. The summed E-state index contributed by atoms with van der Waals surface area (Å²) < 4.78 is 26.5. The highest BCUT2D eigenvalue weighted by atomic mass is 19.3. The van der Waals surface area contributed by atoms with E-state index in [1.54, 1.807) is 0 Å². The number of alkyl halides is 2. The predicted molar refractivity (Wildman–Crippen MR) is 55.5 cm³/mol. The van der Waals surface area contributed by atoms with Gasteiger partial charge in [-0.2, -0.15) is 0 Å². The molecule has 0 amide bonds. The van der Waals surface area contributed by atoms with E-state index in [1.807, 2.05) is 0 Å². The van der Waals surface area contributed by atoms with Gasteiger partial charge >= 0.3 is 0 Å². The molecule has 1 fully saturated rings. The minimum atomic E-state index is -2.40. The fraction of sp³-hybridized carbons (Fsp3) is 1.00. The number of rotatable bonds is 2. The molecule has 1 aliphatic carbocycles. The van der Waals surface area contributed by atoms with Crippen molar-refractivity contribution in [2.45, 2.75) is 52.9 Å². The largest absolute Gasteiger partial charge is 0.248 e. The maximum absolute atomic E-state index is 13.3. The molecule has 1 saturated carbocycles. The van der Waals surface area contributed by atoms with E-state index in [2.05, 4.69) is 27.7 Å². The van der Waals surface area contributed by atoms with Gasteiger partial charge in [-0.05, 0) is 30.1 Å². The standard InChI is InChI=1S/C12H22F2/c1-8(2)10-5-6-12(13,14)7-11(10)9(3)4/h8-11H,5-7H2,1-4H3. The maximum atomic E-state index is 13.3. The Morgan fingerprint density at radius 3 is 1.93 bits per heavy atom. The lowest BCUT2D eigenvalue weighted by Crippen LogP contribution is -2.37. The second kappa shape index (κ2) is 4.16. The third kappa shape index (κ3) is 2.68. The monoisotopic (exact) mass is 204 g/mol. The molecule has 14 heavy (non-hydrogen) atoms. The summed E-state index contributed by atoms with van der Waals surface area (Å²) in [5, 5.41) is 0. The molecule has 0 spiro atoms. The van der Waals surface area contributed by atoms with Gasteiger partial charge in [0.2, 0.25) is 5.92 Å². The van der Waals surface area contributed by atoms with Crippen molar-refractivity contribution in [3.63, 3.8) is 0 Å². The van der Waals surface area contributed by atoms with Gasteiger partial charge in [0.25, 0.3) is 0 Å². The molecule has 1 rings (SSSR count). The van der Waals surface area contributed by atoms with Crippen LogP contribution in [-0.4, -0.2) is 5.92 Å². The molecule has 2 unspecified atom stereocenters. The lowest BCUT2D eigenvalue weighted by Gasteiger charge is -2.40. The van der Waals surface area contributed by atoms with Crippen LogP contribution in [0.3, 0.4) is 0 Å². The van der Waals surface area contributed by atoms with Crippen LogP contribution in [0.1, 0.15) is 47.0 Å². The van der Waals surface area contributed by atoms with Crippen LogP contribution in [0.25, 0.3) is 0 Å². The summed E-state index contributed by atoms with van der Waals surface area (Å²) in [6, 6.07) is 0. The van der Waals surface area contributed by atoms with Gasteiger partial charge in [-0.1, -0.05) is 27.7 Å². The van der Waals surface area contributed by atoms with Crippen LogP contribution >= 0.6 is 0 Å². The molecule has 0 heterocycles. The first-order chi connectivity index (χ1) is 6.33. The smallest absolute Gasteiger partial charge is 0.207 e. The summed E-state index contributed by atoms with van der Waals surface area (Å²) in [7, 11) is 0. The lowest BCUT2D eigenvalue weighted by atomic mass is 9.68. The molecule has 1 aliphatic rings. The summed E-state index contributed by atoms with van der Waals surface area (Å²) in [5.41, 5.74) is 0. The van der Waals surface area contributed by atoms with Crippen LogP contribution in [-0.2, 0) is 0 Å². The van der Waals surface area contributed by atoms with E-state index in [1.165, 1.54) is 0 Å². The van der Waals surface area contributed by atoms with Gasteiger partial charge in [0.05, 0.1) is 0 Å². The zero-order chi connectivity index (χ0) is 10.9. The van der Waals surface area contributed by atoms with E-state index in [9.17, 15) is 8.78 Å². The number of hydrogen-bond donors (Lipinski definition) is 0. The molecule has 84 valence electrons. The molecule has 0 aromatic heterocycles. The first-order valence-corrected chi connectivity index (χ1v) is 5.71. The zero-order valence-electron chi connectivity index (χ0n) is 9.69. The summed E-state index contributed by atoms with van der Waals surface area (Å²) in [6.45, 7) is 8.45. The summed E-state index contributed by atoms with van der Waals surface area (Å²) >= 11 is 0. The highest BCUT2D eigenvalue weighted by Gasteiger charge is 2.43. The van der Waals surface area contributed by atoms with Gasteiger partial charge in [0, 0.05) is 12.8 Å². The SMILES string of the molecule is CC(C)C1CCC(F)(F)CC1C(C)C. The third-order valence-electron chi connectivity index (χ3n) is 3.64. The molecule has 2 atom stereocenters. The van der Waals surface area contributed by atoms with Crippen molar-refractivity contribution in [2.75, 3.05) is 0 Å². The van der Waals surface area contributed by atoms with Crippen LogP contribution in [0.4, 0.5) is 8.78 Å². The zero-order valence-corrected chi connectivity index (χ0v) is 9.69. The molecule has 0 radical (unpaired) electrons. The van der Waals surface area contributed by atoms with Crippen LogP contribution < -0.4 is 0 Å². The molecule has 0 aliphatic heterocycles. The van der Waals surface area contributed by atoms with Crippen LogP contribution in [0.15, 0.2) is 0 Å². The van der Waals surface area contributed by atoms with Gasteiger partial charge in [0.1, 0.15) is 0 Å². The fourth-order valence-electron chi connectivity index (χ4n) is 2.75. The molecule has 0 N–H and O–H groups in total. The molecule has 0 saturated heterocycles. The first kappa shape index (κ1) is 11.9. The molecule has 2 heteroatoms. The van der Waals surface area contributed by atoms with E-state index in [0.717, 1.165) is 0 Å². The molecular formula is C12H22F2. The van der Waals surface area contributed by atoms with Gasteiger partial charge in [-0.3, -0.25) is 0 Å². The number of hydrogen-bond acceptors (Lipinski definition) is 0. The van der Waals surface area contributed by atoms with Crippen LogP contribution in [0, 0.1) is 23.7 Å². The van der Waals surface area contributed by atoms with Crippen molar-refractivity contribution in [3.05, 3.63) is 0 Å². The fourth-order valence-corrected chi connectivity index (χ4v) is 2.75. The minimum absolute atomic E-state index is 0.0963. The Kier molecular flexibility index (Phi) is 3.54. The Labute approximate surface area is 86.1 Å². The van der Waals surface area contributed by atoms with E-state index in [0.29, 0.717) is 24.2 Å². The normalized spacial score (nSPS) is 32.6. The first-order valence-electron chi connectivity index (χ1n) is 5.71. The van der Waals surface area contributed by atoms with Crippen molar-refractivity contribution in [2.24, 2.45) is 23.7 Å². The summed E-state index contributed by atoms with van der Waals surface area (Å²) in [4.78, 5) is 0. The Morgan fingerprint density at radius 1 is 1.00 bits per heavy atom. The van der Waals surface area contributed by atoms with E-state index < -0.39 is 5.92 Å². The van der Waals surface area contributed by atoms with Crippen molar-refractivity contribution >= 4 is 0 Å². The summed E-state index contributed by atoms with van der Waals surface area (Å²) in [5.74, 6) is -0.777. The predicted octanol–water partition coefficient (Wildman–Crippen LogP) is 4.35. The summed E-state index contributed by atoms with van der Waals surface area (Å²) in [6.07, 6.45) is 0.903. The van der Waals surface area contributed by atoms with Gasteiger partial charge < -0.3 is 0 Å². The highest BCUT2D eigenvalue weighted by molar-refractivity contribution is 4.87. The maximum Gasteiger partial charge on any atom is 0.248 e. The molecule has 0 bridgehead atoms. The quantitative estimate of drug-likeness (QED) is 0.627. The average Bonchev–Trinajstić information content (AvgIpc) is 2.01. The second-order valence-corrected chi connectivity index (χ2v) is 5.41. The van der Waals surface area contributed by atoms with Crippen molar-refractivity contribution in [1.82, 2.24) is 0 Å². The van der Waals surface area contributed by atoms with E-state index in [-0.39, 0.29) is 18.8 Å². The Bertz CT molecular complexity index is 185.